The first kappa shape index (κ1) is 13.6. The smallest absolute Gasteiger partial charge is 0.339 e. The number of esters is 1. The first-order valence-electron chi connectivity index (χ1n) is 6.88. The summed E-state index contributed by atoms with van der Waals surface area (Å²) < 4.78 is 5.75. The van der Waals surface area contributed by atoms with Gasteiger partial charge >= 0.3 is 5.97 Å². The molecule has 1 aromatic rings. The van der Waals surface area contributed by atoms with Crippen LogP contribution in [0.4, 0.5) is 5.69 Å². The fourth-order valence-corrected chi connectivity index (χ4v) is 3.19. The van der Waals surface area contributed by atoms with Crippen molar-refractivity contribution in [1.29, 1.82) is 0 Å². The number of hydrogen-bond acceptors (Lipinski definition) is 3. The third-order valence-electron chi connectivity index (χ3n) is 3.86. The number of rotatable bonds is 3. The lowest BCUT2D eigenvalue weighted by molar-refractivity contribution is -0.119. The molecule has 1 amide bonds. The summed E-state index contributed by atoms with van der Waals surface area (Å²) >= 11 is 3.41. The van der Waals surface area contributed by atoms with Crippen molar-refractivity contribution >= 4 is 33.5 Å². The number of nitrogens with zero attached hydrogens (tertiary/aromatic N) is 1. The summed E-state index contributed by atoms with van der Waals surface area (Å²) in [4.78, 5) is 26.2. The standard InChI is InChI=1S/C15H16BrNO3/c1-3-20-15(19)11-7-13-10(6-12(11)16)8(2)14(18)17(13)9-4-5-9/h6-9H,3-5H2,1-2H3. The second-order valence-electron chi connectivity index (χ2n) is 5.27. The highest BCUT2D eigenvalue weighted by Crippen LogP contribution is 2.45. The van der Waals surface area contributed by atoms with Gasteiger partial charge in [0.2, 0.25) is 5.91 Å². The van der Waals surface area contributed by atoms with Gasteiger partial charge in [-0.15, -0.1) is 0 Å². The highest BCUT2D eigenvalue weighted by molar-refractivity contribution is 9.10. The van der Waals surface area contributed by atoms with Gasteiger partial charge in [0.05, 0.1) is 18.1 Å². The first-order valence-corrected chi connectivity index (χ1v) is 7.67. The molecule has 1 aliphatic heterocycles. The van der Waals surface area contributed by atoms with Crippen LogP contribution in [-0.4, -0.2) is 24.5 Å². The van der Waals surface area contributed by atoms with E-state index in [0.29, 0.717) is 22.7 Å². The molecule has 0 aromatic heterocycles. The summed E-state index contributed by atoms with van der Waals surface area (Å²) in [7, 11) is 0. The second kappa shape index (κ2) is 4.88. The van der Waals surface area contributed by atoms with Gasteiger partial charge in [0.25, 0.3) is 0 Å². The molecule has 20 heavy (non-hydrogen) atoms. The summed E-state index contributed by atoms with van der Waals surface area (Å²) in [6, 6.07) is 3.98. The number of carbonyl (C=O) groups is 2. The molecule has 4 nitrogen and oxygen atoms in total. The fraction of sp³-hybridized carbons (Fsp3) is 0.467. The molecule has 1 fully saturated rings. The number of amides is 1. The van der Waals surface area contributed by atoms with Gasteiger partial charge in [-0.2, -0.15) is 0 Å². The molecule has 1 saturated carbocycles. The van der Waals surface area contributed by atoms with Gasteiger partial charge < -0.3 is 9.64 Å². The molecular weight excluding hydrogens is 322 g/mol. The Hall–Kier alpha value is -1.36. The van der Waals surface area contributed by atoms with Crippen molar-refractivity contribution in [3.8, 4) is 0 Å². The first-order chi connectivity index (χ1) is 9.54. The quantitative estimate of drug-likeness (QED) is 0.795. The van der Waals surface area contributed by atoms with E-state index in [1.807, 2.05) is 17.9 Å². The molecular formula is C15H16BrNO3. The maximum absolute atomic E-state index is 12.4. The lowest BCUT2D eigenvalue weighted by Gasteiger charge is -2.17. The summed E-state index contributed by atoms with van der Waals surface area (Å²) in [5, 5.41) is 0. The minimum Gasteiger partial charge on any atom is -0.462 e. The van der Waals surface area contributed by atoms with Crippen molar-refractivity contribution < 1.29 is 14.3 Å². The SMILES string of the molecule is CCOC(=O)c1cc2c(cc1Br)C(C)C(=O)N2C1CC1. The number of benzene rings is 1. The van der Waals surface area contributed by atoms with Gasteiger partial charge in [-0.25, -0.2) is 4.79 Å². The van der Waals surface area contributed by atoms with E-state index in [9.17, 15) is 9.59 Å². The van der Waals surface area contributed by atoms with Crippen molar-refractivity contribution in [2.24, 2.45) is 0 Å². The third kappa shape index (κ3) is 2.04. The van der Waals surface area contributed by atoms with E-state index < -0.39 is 0 Å². The molecule has 0 bridgehead atoms. The van der Waals surface area contributed by atoms with Gasteiger partial charge in [-0.05, 0) is 60.3 Å². The molecule has 0 radical (unpaired) electrons. The highest BCUT2D eigenvalue weighted by Gasteiger charge is 2.43. The number of anilines is 1. The van der Waals surface area contributed by atoms with Gasteiger partial charge in [0.1, 0.15) is 0 Å². The van der Waals surface area contributed by atoms with Crippen molar-refractivity contribution in [2.75, 3.05) is 11.5 Å². The average Bonchev–Trinajstić information content (AvgIpc) is 3.20. The van der Waals surface area contributed by atoms with E-state index >= 15 is 0 Å². The maximum Gasteiger partial charge on any atom is 0.339 e. The van der Waals surface area contributed by atoms with Crippen molar-refractivity contribution in [1.82, 2.24) is 0 Å². The number of halogens is 1. The van der Waals surface area contributed by atoms with Crippen molar-refractivity contribution in [3.63, 3.8) is 0 Å². The van der Waals surface area contributed by atoms with E-state index in [-0.39, 0.29) is 17.8 Å². The van der Waals surface area contributed by atoms with Crippen LogP contribution in [0.2, 0.25) is 0 Å². The van der Waals surface area contributed by atoms with Gasteiger partial charge in [-0.3, -0.25) is 4.79 Å². The molecule has 1 atom stereocenters. The predicted molar refractivity (Wildman–Crippen MR) is 79.0 cm³/mol. The molecule has 1 heterocycles. The van der Waals surface area contributed by atoms with Crippen molar-refractivity contribution in [2.45, 2.75) is 38.6 Å². The number of ether oxygens (including phenoxy) is 1. The molecule has 0 saturated heterocycles. The minimum atomic E-state index is -0.357. The zero-order valence-corrected chi connectivity index (χ0v) is 13.1. The van der Waals surface area contributed by atoms with Crippen molar-refractivity contribution in [3.05, 3.63) is 27.7 Å². The Morgan fingerprint density at radius 2 is 2.15 bits per heavy atom. The van der Waals surface area contributed by atoms with Gasteiger partial charge in [0, 0.05) is 16.2 Å². The van der Waals surface area contributed by atoms with Crippen LogP contribution >= 0.6 is 15.9 Å². The van der Waals surface area contributed by atoms with Crippen LogP contribution in [0, 0.1) is 0 Å². The average molecular weight is 338 g/mol. The molecule has 106 valence electrons. The predicted octanol–water partition coefficient (Wildman–Crippen LogP) is 3.24. The van der Waals surface area contributed by atoms with E-state index in [0.717, 1.165) is 24.1 Å². The van der Waals surface area contributed by atoms with Crippen LogP contribution in [0.25, 0.3) is 0 Å². The minimum absolute atomic E-state index is 0.135. The van der Waals surface area contributed by atoms with Gasteiger partial charge in [0.15, 0.2) is 0 Å². The molecule has 0 spiro atoms. The molecule has 1 aromatic carbocycles. The zero-order valence-electron chi connectivity index (χ0n) is 11.5. The van der Waals surface area contributed by atoms with E-state index in [2.05, 4.69) is 15.9 Å². The van der Waals surface area contributed by atoms with E-state index in [4.69, 9.17) is 4.74 Å². The molecule has 2 aliphatic rings. The largest absolute Gasteiger partial charge is 0.462 e. The highest BCUT2D eigenvalue weighted by atomic mass is 79.9. The van der Waals surface area contributed by atoms with E-state index in [1.54, 1.807) is 13.0 Å². The van der Waals surface area contributed by atoms with Crippen LogP contribution in [0.1, 0.15) is 48.5 Å². The topological polar surface area (TPSA) is 46.6 Å². The molecule has 3 rings (SSSR count). The van der Waals surface area contributed by atoms with Crippen LogP contribution < -0.4 is 4.90 Å². The second-order valence-corrected chi connectivity index (χ2v) is 6.13. The van der Waals surface area contributed by atoms with E-state index in [1.165, 1.54) is 0 Å². The Bertz CT molecular complexity index is 595. The Morgan fingerprint density at radius 1 is 1.45 bits per heavy atom. The summed E-state index contributed by atoms with van der Waals surface area (Å²) in [5.74, 6) is -0.363. The maximum atomic E-state index is 12.4. The Balaban J connectivity index is 2.07. The summed E-state index contributed by atoms with van der Waals surface area (Å²) in [6.45, 7) is 4.03. The zero-order chi connectivity index (χ0) is 14.4. The Morgan fingerprint density at radius 3 is 2.75 bits per heavy atom. The van der Waals surface area contributed by atoms with Crippen LogP contribution in [-0.2, 0) is 9.53 Å². The third-order valence-corrected chi connectivity index (χ3v) is 4.51. The summed E-state index contributed by atoms with van der Waals surface area (Å²) in [6.07, 6.45) is 2.09. The number of fused-ring (bicyclic) bond motifs is 1. The van der Waals surface area contributed by atoms with Crippen LogP contribution in [0.3, 0.4) is 0 Å². The Kier molecular flexibility index (Phi) is 3.32. The lowest BCUT2D eigenvalue weighted by atomic mass is 10.0. The Labute approximate surface area is 126 Å². The number of hydrogen-bond donors (Lipinski definition) is 0. The molecule has 1 aliphatic carbocycles. The molecule has 0 N–H and O–H groups in total. The summed E-state index contributed by atoms with van der Waals surface area (Å²) in [5.41, 5.74) is 2.34. The number of carbonyl (C=O) groups excluding carboxylic acids is 2. The molecule has 5 heteroatoms. The van der Waals surface area contributed by atoms with Crippen LogP contribution in [0.15, 0.2) is 16.6 Å². The monoisotopic (exact) mass is 337 g/mol. The lowest BCUT2D eigenvalue weighted by Crippen LogP contribution is -2.30. The van der Waals surface area contributed by atoms with Crippen LogP contribution in [0.5, 0.6) is 0 Å². The van der Waals surface area contributed by atoms with Gasteiger partial charge in [-0.1, -0.05) is 0 Å². The molecule has 1 unspecified atom stereocenters. The fourth-order valence-electron chi connectivity index (χ4n) is 2.67. The normalized spacial score (nSPS) is 21.1.